The van der Waals surface area contributed by atoms with Gasteiger partial charge in [0.05, 0.1) is 11.1 Å². The normalized spacial score (nSPS) is 12.2. The van der Waals surface area contributed by atoms with Crippen LogP contribution >= 0.6 is 0 Å². The zero-order valence-corrected chi connectivity index (χ0v) is 10.2. The topological polar surface area (TPSA) is 72.8 Å². The summed E-state index contributed by atoms with van der Waals surface area (Å²) in [7, 11) is 0. The van der Waals surface area contributed by atoms with Crippen LogP contribution in [0.4, 0.5) is 18.9 Å². The van der Waals surface area contributed by atoms with Crippen molar-refractivity contribution in [1.29, 1.82) is 0 Å². The molecule has 2 aromatic carbocycles. The molecule has 0 amide bonds. The molecule has 1 heterocycles. The molecule has 0 atom stereocenters. The summed E-state index contributed by atoms with van der Waals surface area (Å²) in [4.78, 5) is 1.30. The summed E-state index contributed by atoms with van der Waals surface area (Å²) in [5, 5.41) is 2.82. The van der Waals surface area contributed by atoms with Crippen LogP contribution in [0.2, 0.25) is 0 Å². The van der Waals surface area contributed by atoms with E-state index < -0.39 is 11.7 Å². The summed E-state index contributed by atoms with van der Waals surface area (Å²) in [5.41, 5.74) is 7.44. The van der Waals surface area contributed by atoms with Crippen molar-refractivity contribution < 1.29 is 13.2 Å². The van der Waals surface area contributed by atoms with Gasteiger partial charge in [-0.25, -0.2) is 4.79 Å². The van der Waals surface area contributed by atoms with Crippen LogP contribution in [0, 0.1) is 0 Å². The molecular weight excluding hydrogens is 269 g/mol. The van der Waals surface area contributed by atoms with Gasteiger partial charge in [0.15, 0.2) is 0 Å². The molecule has 0 spiro atoms. The van der Waals surface area contributed by atoms with Gasteiger partial charge in [-0.1, -0.05) is 6.07 Å². The minimum absolute atomic E-state index is 0.0697. The SMILES string of the molecule is Nc1cc(-c2ccc3[nH]n(N)c3c2)cc(C(F)(F)F)c1. The third kappa shape index (κ3) is 1.97. The van der Waals surface area contributed by atoms with Gasteiger partial charge in [0.2, 0.25) is 0 Å². The monoisotopic (exact) mass is 280 g/mol. The quantitative estimate of drug-likeness (QED) is 0.473. The maximum Gasteiger partial charge on any atom is 0.416 e. The Kier molecular flexibility index (Phi) is 2.47. The average Bonchev–Trinajstić information content (AvgIpc) is 2.36. The highest BCUT2D eigenvalue weighted by molar-refractivity contribution is 5.84. The number of fused-ring (bicyclic) bond motifs is 1. The predicted molar refractivity (Wildman–Crippen MR) is 71.3 cm³/mol. The van der Waals surface area contributed by atoms with E-state index in [9.17, 15) is 13.2 Å². The van der Waals surface area contributed by atoms with Gasteiger partial charge in [0.1, 0.15) is 5.52 Å². The average molecular weight is 280 g/mol. The first-order valence-corrected chi connectivity index (χ1v) is 5.78. The number of nitrogens with zero attached hydrogens (tertiary/aromatic N) is 1. The van der Waals surface area contributed by atoms with Gasteiger partial charge in [0.25, 0.3) is 0 Å². The summed E-state index contributed by atoms with van der Waals surface area (Å²) in [6.45, 7) is 0. The molecule has 7 heteroatoms. The zero-order chi connectivity index (χ0) is 14.5. The van der Waals surface area contributed by atoms with Gasteiger partial charge in [-0.2, -0.15) is 13.2 Å². The fourth-order valence-electron chi connectivity index (χ4n) is 2.12. The maximum atomic E-state index is 12.8. The van der Waals surface area contributed by atoms with Gasteiger partial charge >= 0.3 is 6.18 Å². The highest BCUT2D eigenvalue weighted by Crippen LogP contribution is 2.34. The Labute approximate surface area is 111 Å². The first kappa shape index (κ1) is 12.5. The molecule has 20 heavy (non-hydrogen) atoms. The van der Waals surface area contributed by atoms with Crippen molar-refractivity contribution in [2.24, 2.45) is 0 Å². The second kappa shape index (κ2) is 3.96. The number of nitrogen functional groups attached to an aromatic ring is 2. The molecule has 3 aromatic rings. The highest BCUT2D eigenvalue weighted by Gasteiger charge is 2.31. The van der Waals surface area contributed by atoms with Crippen molar-refractivity contribution in [3.63, 3.8) is 0 Å². The zero-order valence-electron chi connectivity index (χ0n) is 10.2. The Morgan fingerprint density at radius 1 is 1.00 bits per heavy atom. The standard InChI is InChI=1S/C13H11F3N4/c14-13(15,16)9-3-8(4-10(17)6-9)7-1-2-11-12(5-7)20(18)19-11/h1-6,19H,17-18H2. The number of rotatable bonds is 1. The smallest absolute Gasteiger partial charge is 0.399 e. The molecule has 0 aliphatic heterocycles. The summed E-state index contributed by atoms with van der Waals surface area (Å²) in [5.74, 6) is 5.58. The molecule has 3 rings (SSSR count). The van der Waals surface area contributed by atoms with Crippen LogP contribution in [-0.2, 0) is 6.18 Å². The second-order valence-corrected chi connectivity index (χ2v) is 4.56. The van der Waals surface area contributed by atoms with E-state index >= 15 is 0 Å². The number of nitrogens with two attached hydrogens (primary N) is 2. The fourth-order valence-corrected chi connectivity index (χ4v) is 2.12. The molecule has 104 valence electrons. The lowest BCUT2D eigenvalue weighted by atomic mass is 10.0. The molecule has 5 N–H and O–H groups in total. The van der Waals surface area contributed by atoms with Crippen LogP contribution in [0.3, 0.4) is 0 Å². The lowest BCUT2D eigenvalue weighted by Crippen LogP contribution is -2.18. The van der Waals surface area contributed by atoms with Crippen LogP contribution in [0.15, 0.2) is 36.4 Å². The molecule has 0 radical (unpaired) electrons. The van der Waals surface area contributed by atoms with E-state index in [0.29, 0.717) is 11.1 Å². The third-order valence-corrected chi connectivity index (χ3v) is 3.11. The predicted octanol–water partition coefficient (Wildman–Crippen LogP) is 2.95. The van der Waals surface area contributed by atoms with Crippen LogP contribution in [0.1, 0.15) is 5.56 Å². The van der Waals surface area contributed by atoms with E-state index in [1.165, 1.54) is 10.9 Å². The van der Waals surface area contributed by atoms with Crippen LogP contribution < -0.4 is 11.6 Å². The Morgan fingerprint density at radius 3 is 2.40 bits per heavy atom. The van der Waals surface area contributed by atoms with Gasteiger partial charge in [0, 0.05) is 5.69 Å². The highest BCUT2D eigenvalue weighted by atomic mass is 19.4. The molecule has 0 aliphatic carbocycles. The number of H-pyrrole nitrogens is 1. The number of benzene rings is 2. The fraction of sp³-hybridized carbons (Fsp3) is 0.0769. The Morgan fingerprint density at radius 2 is 1.75 bits per heavy atom. The van der Waals surface area contributed by atoms with Crippen molar-refractivity contribution >= 4 is 16.7 Å². The number of hydrogen-bond donors (Lipinski definition) is 3. The van der Waals surface area contributed by atoms with Crippen molar-refractivity contribution in [3.05, 3.63) is 42.0 Å². The summed E-state index contributed by atoms with van der Waals surface area (Å²) in [6, 6.07) is 8.68. The molecule has 0 fully saturated rings. The third-order valence-electron chi connectivity index (χ3n) is 3.11. The summed E-state index contributed by atoms with van der Waals surface area (Å²) in [6.07, 6.45) is -4.43. The lowest BCUT2D eigenvalue weighted by molar-refractivity contribution is -0.137. The van der Waals surface area contributed by atoms with Crippen LogP contribution in [0.25, 0.3) is 22.2 Å². The number of nitrogens with one attached hydrogen (secondary N) is 1. The number of alkyl halides is 3. The number of anilines is 1. The Hall–Kier alpha value is -2.57. The molecule has 0 saturated carbocycles. The molecule has 0 saturated heterocycles. The first-order valence-electron chi connectivity index (χ1n) is 5.78. The number of halogens is 3. The van der Waals surface area contributed by atoms with Crippen molar-refractivity contribution in [2.45, 2.75) is 6.18 Å². The molecule has 0 unspecified atom stereocenters. The number of aromatic amines is 1. The van der Waals surface area contributed by atoms with E-state index in [1.54, 1.807) is 18.2 Å². The minimum atomic E-state index is -4.43. The van der Waals surface area contributed by atoms with Crippen molar-refractivity contribution in [2.75, 3.05) is 11.6 Å². The van der Waals surface area contributed by atoms with E-state index in [0.717, 1.165) is 23.2 Å². The van der Waals surface area contributed by atoms with E-state index in [2.05, 4.69) is 5.10 Å². The molecule has 0 bridgehead atoms. The minimum Gasteiger partial charge on any atom is -0.399 e. The largest absolute Gasteiger partial charge is 0.416 e. The van der Waals surface area contributed by atoms with Gasteiger partial charge in [-0.05, 0) is 41.5 Å². The van der Waals surface area contributed by atoms with Crippen molar-refractivity contribution in [3.8, 4) is 11.1 Å². The van der Waals surface area contributed by atoms with Crippen LogP contribution in [0.5, 0.6) is 0 Å². The first-order chi connectivity index (χ1) is 9.34. The molecule has 4 nitrogen and oxygen atoms in total. The molecule has 0 aliphatic rings. The van der Waals surface area contributed by atoms with E-state index in [1.807, 2.05) is 0 Å². The lowest BCUT2D eigenvalue weighted by Gasteiger charge is -2.14. The summed E-state index contributed by atoms with van der Waals surface area (Å²) >= 11 is 0. The Bertz CT molecular complexity index is 783. The van der Waals surface area contributed by atoms with E-state index in [4.69, 9.17) is 11.6 Å². The van der Waals surface area contributed by atoms with Gasteiger partial charge in [-0.3, -0.25) is 5.10 Å². The van der Waals surface area contributed by atoms with Gasteiger partial charge in [-0.15, -0.1) is 0 Å². The van der Waals surface area contributed by atoms with Crippen LogP contribution in [-0.4, -0.2) is 9.89 Å². The molecular formula is C13H11F3N4. The number of aromatic nitrogens is 2. The summed E-state index contributed by atoms with van der Waals surface area (Å²) < 4.78 is 38.4. The maximum absolute atomic E-state index is 12.8. The van der Waals surface area contributed by atoms with Gasteiger partial charge < -0.3 is 11.6 Å². The van der Waals surface area contributed by atoms with Crippen molar-refractivity contribution in [1.82, 2.24) is 9.89 Å². The second-order valence-electron chi connectivity index (χ2n) is 4.56. The Balaban J connectivity index is 2.14. The molecule has 1 aromatic heterocycles. The van der Waals surface area contributed by atoms with E-state index in [-0.39, 0.29) is 5.69 Å². The number of hydrogen-bond acceptors (Lipinski definition) is 2.